The molecule has 2 aliphatic heterocycles. The first kappa shape index (κ1) is 12.6. The molecule has 0 amide bonds. The summed E-state index contributed by atoms with van der Waals surface area (Å²) >= 11 is 0. The molecule has 0 spiro atoms. The van der Waals surface area contributed by atoms with Crippen LogP contribution in [0.3, 0.4) is 0 Å². The number of ketones is 1. The minimum atomic E-state index is -0.989. The van der Waals surface area contributed by atoms with E-state index in [4.69, 9.17) is 0 Å². The fraction of sp³-hybridized carbons (Fsp3) is 0.375. The van der Waals surface area contributed by atoms with Crippen molar-refractivity contribution < 1.29 is 14.7 Å². The molecule has 4 rings (SSSR count). The number of rotatable bonds is 1. The second-order valence-electron chi connectivity index (χ2n) is 6.05. The molecule has 3 heterocycles. The summed E-state index contributed by atoms with van der Waals surface area (Å²) in [4.78, 5) is 29.5. The quantitative estimate of drug-likeness (QED) is 0.843. The van der Waals surface area contributed by atoms with Crippen LogP contribution in [0, 0.1) is 5.92 Å². The van der Waals surface area contributed by atoms with E-state index in [1.54, 1.807) is 12.1 Å². The van der Waals surface area contributed by atoms with Gasteiger partial charge in [-0.25, -0.2) is 4.79 Å². The number of carbonyl (C=O) groups is 2. The molecule has 2 N–H and O–H groups in total. The molecule has 1 saturated heterocycles. The van der Waals surface area contributed by atoms with E-state index in [2.05, 4.69) is 16.8 Å². The monoisotopic (exact) mass is 284 g/mol. The van der Waals surface area contributed by atoms with E-state index >= 15 is 0 Å². The maximum absolute atomic E-state index is 12.5. The second kappa shape index (κ2) is 4.18. The van der Waals surface area contributed by atoms with E-state index in [0.717, 1.165) is 24.2 Å². The molecule has 2 aromatic rings. The number of nitrogens with one attached hydrogen (secondary N) is 1. The molecular formula is C16H16N2O3. The largest absolute Gasteiger partial charge is 0.478 e. The van der Waals surface area contributed by atoms with Crippen LogP contribution in [0.4, 0.5) is 0 Å². The first-order valence-corrected chi connectivity index (χ1v) is 7.23. The van der Waals surface area contributed by atoms with Crippen LogP contribution < -0.4 is 0 Å². The Bertz CT molecular complexity index is 777. The number of benzene rings is 1. The van der Waals surface area contributed by atoms with Gasteiger partial charge in [-0.05, 0) is 31.0 Å². The summed E-state index contributed by atoms with van der Waals surface area (Å²) in [5.41, 5.74) is 2.45. The summed E-state index contributed by atoms with van der Waals surface area (Å²) < 4.78 is 0. The second-order valence-corrected chi connectivity index (χ2v) is 6.05. The number of H-pyrrole nitrogens is 1. The highest BCUT2D eigenvalue weighted by Crippen LogP contribution is 2.43. The Hall–Kier alpha value is -2.14. The van der Waals surface area contributed by atoms with Gasteiger partial charge in [-0.1, -0.05) is 13.0 Å². The van der Waals surface area contributed by atoms with Crippen molar-refractivity contribution in [1.82, 2.24) is 9.88 Å². The zero-order valence-corrected chi connectivity index (χ0v) is 11.7. The van der Waals surface area contributed by atoms with Crippen LogP contribution in [0.5, 0.6) is 0 Å². The molecule has 0 radical (unpaired) electrons. The third-order valence-corrected chi connectivity index (χ3v) is 4.81. The lowest BCUT2D eigenvalue weighted by Crippen LogP contribution is -2.36. The predicted octanol–water partition coefficient (Wildman–Crippen LogP) is 2.45. The van der Waals surface area contributed by atoms with Crippen molar-refractivity contribution in [3.05, 3.63) is 35.0 Å². The van der Waals surface area contributed by atoms with Gasteiger partial charge in [0.1, 0.15) is 0 Å². The van der Waals surface area contributed by atoms with Gasteiger partial charge in [-0.15, -0.1) is 0 Å². The van der Waals surface area contributed by atoms with Gasteiger partial charge in [0.05, 0.1) is 23.7 Å². The number of nitrogens with zero attached hydrogens (tertiary/aromatic N) is 1. The van der Waals surface area contributed by atoms with Crippen LogP contribution in [-0.2, 0) is 0 Å². The number of Topliss-reactive ketones (excluding diaryl/α,β-unsaturated/α-hetero) is 1. The number of aromatic amines is 1. The molecule has 108 valence electrons. The Morgan fingerprint density at radius 2 is 2.24 bits per heavy atom. The Balaban J connectivity index is 2.05. The van der Waals surface area contributed by atoms with Gasteiger partial charge in [0.15, 0.2) is 5.78 Å². The van der Waals surface area contributed by atoms with Crippen LogP contribution in [0.15, 0.2) is 18.2 Å². The molecule has 1 aromatic heterocycles. The van der Waals surface area contributed by atoms with E-state index in [1.165, 1.54) is 0 Å². The Kier molecular flexibility index (Phi) is 2.50. The van der Waals surface area contributed by atoms with Crippen LogP contribution in [0.2, 0.25) is 0 Å². The summed E-state index contributed by atoms with van der Waals surface area (Å²) in [6, 6.07) is 5.33. The van der Waals surface area contributed by atoms with E-state index in [9.17, 15) is 14.7 Å². The lowest BCUT2D eigenvalue weighted by atomic mass is 9.90. The Morgan fingerprint density at radius 3 is 3.00 bits per heavy atom. The highest BCUT2D eigenvalue weighted by Gasteiger charge is 2.42. The van der Waals surface area contributed by atoms with Crippen LogP contribution in [-0.4, -0.2) is 39.8 Å². The van der Waals surface area contributed by atoms with E-state index < -0.39 is 5.97 Å². The zero-order valence-electron chi connectivity index (χ0n) is 11.7. The highest BCUT2D eigenvalue weighted by atomic mass is 16.4. The minimum absolute atomic E-state index is 0.0234. The summed E-state index contributed by atoms with van der Waals surface area (Å²) in [6.07, 6.45) is 1.07. The summed E-state index contributed by atoms with van der Waals surface area (Å²) in [6.45, 7) is 3.51. The van der Waals surface area contributed by atoms with Crippen molar-refractivity contribution in [1.29, 1.82) is 0 Å². The summed E-state index contributed by atoms with van der Waals surface area (Å²) in [7, 11) is 0. The average molecular weight is 284 g/mol. The fourth-order valence-electron chi connectivity index (χ4n) is 3.89. The molecule has 0 aliphatic carbocycles. The van der Waals surface area contributed by atoms with Crippen molar-refractivity contribution in [2.75, 3.05) is 13.1 Å². The summed E-state index contributed by atoms with van der Waals surface area (Å²) in [5, 5.41) is 9.97. The predicted molar refractivity (Wildman–Crippen MR) is 77.7 cm³/mol. The van der Waals surface area contributed by atoms with Gasteiger partial charge in [0.25, 0.3) is 0 Å². The number of hydrogen-bond donors (Lipinski definition) is 2. The lowest BCUT2D eigenvalue weighted by molar-refractivity contribution is 0.0699. The molecule has 0 saturated carbocycles. The number of carboxylic acids is 1. The van der Waals surface area contributed by atoms with Crippen molar-refractivity contribution in [2.24, 2.45) is 5.92 Å². The lowest BCUT2D eigenvalue weighted by Gasteiger charge is -2.30. The van der Waals surface area contributed by atoms with E-state index in [1.807, 2.05) is 6.07 Å². The number of carboxylic acid groups (broad SMARTS) is 1. The van der Waals surface area contributed by atoms with Crippen molar-refractivity contribution in [2.45, 2.75) is 19.4 Å². The normalized spacial score (nSPS) is 25.1. The Labute approximate surface area is 121 Å². The number of carbonyl (C=O) groups excluding carboxylic acids is 1. The number of aromatic nitrogens is 1. The topological polar surface area (TPSA) is 73.4 Å². The summed E-state index contributed by atoms with van der Waals surface area (Å²) in [5.74, 6) is -0.495. The first-order chi connectivity index (χ1) is 10.1. The number of aromatic carboxylic acids is 1. The zero-order chi connectivity index (χ0) is 14.7. The molecular weight excluding hydrogens is 268 g/mol. The maximum Gasteiger partial charge on any atom is 0.336 e. The van der Waals surface area contributed by atoms with Gasteiger partial charge in [0, 0.05) is 16.6 Å². The van der Waals surface area contributed by atoms with Gasteiger partial charge in [0.2, 0.25) is 0 Å². The molecule has 1 fully saturated rings. The van der Waals surface area contributed by atoms with Crippen LogP contribution in [0.25, 0.3) is 10.9 Å². The minimum Gasteiger partial charge on any atom is -0.478 e. The molecule has 21 heavy (non-hydrogen) atoms. The molecule has 5 heteroatoms. The molecule has 5 nitrogen and oxygen atoms in total. The number of hydrogen-bond acceptors (Lipinski definition) is 3. The smallest absolute Gasteiger partial charge is 0.336 e. The van der Waals surface area contributed by atoms with Crippen molar-refractivity contribution >= 4 is 22.7 Å². The molecule has 0 bridgehead atoms. The molecule has 1 unspecified atom stereocenters. The maximum atomic E-state index is 12.5. The van der Waals surface area contributed by atoms with Crippen LogP contribution in [0.1, 0.15) is 45.8 Å². The fourth-order valence-corrected chi connectivity index (χ4v) is 3.89. The van der Waals surface area contributed by atoms with Crippen molar-refractivity contribution in [3.8, 4) is 0 Å². The van der Waals surface area contributed by atoms with Crippen molar-refractivity contribution in [3.63, 3.8) is 0 Å². The highest BCUT2D eigenvalue weighted by molar-refractivity contribution is 6.16. The molecule has 1 aromatic carbocycles. The first-order valence-electron chi connectivity index (χ1n) is 7.23. The van der Waals surface area contributed by atoms with Gasteiger partial charge >= 0.3 is 5.97 Å². The van der Waals surface area contributed by atoms with E-state index in [-0.39, 0.29) is 17.4 Å². The van der Waals surface area contributed by atoms with Gasteiger partial charge in [-0.3, -0.25) is 9.69 Å². The van der Waals surface area contributed by atoms with Gasteiger partial charge < -0.3 is 10.1 Å². The SMILES string of the molecule is C[C@@H]1CCN2CC(=O)c3c([nH]c4cccc(C(=O)O)c34)C12. The van der Waals surface area contributed by atoms with Crippen LogP contribution >= 0.6 is 0 Å². The number of fused-ring (bicyclic) bond motifs is 5. The third-order valence-electron chi connectivity index (χ3n) is 4.81. The van der Waals surface area contributed by atoms with Gasteiger partial charge in [-0.2, -0.15) is 0 Å². The standard InChI is InChI=1S/C16H16N2O3/c1-8-5-6-18-7-11(19)13-12-9(16(20)21)3-2-4-10(12)17-14(13)15(8)18/h2-4,8,15,17H,5-7H2,1H3,(H,20,21)/t8-,15?/m1/s1. The molecule has 2 aliphatic rings. The average Bonchev–Trinajstić information content (AvgIpc) is 2.99. The van der Waals surface area contributed by atoms with E-state index in [0.29, 0.717) is 23.4 Å². The molecule has 2 atom stereocenters. The Morgan fingerprint density at radius 1 is 1.43 bits per heavy atom. The third kappa shape index (κ3) is 1.61.